The van der Waals surface area contributed by atoms with Gasteiger partial charge in [-0.25, -0.2) is 4.79 Å². The van der Waals surface area contributed by atoms with Crippen LogP contribution >= 0.6 is 11.8 Å². The number of hydrogen-bond acceptors (Lipinski definition) is 4. The van der Waals surface area contributed by atoms with Crippen molar-refractivity contribution >= 4 is 29.5 Å². The van der Waals surface area contributed by atoms with Crippen LogP contribution in [0.3, 0.4) is 0 Å². The van der Waals surface area contributed by atoms with Gasteiger partial charge in [0.15, 0.2) is 0 Å². The van der Waals surface area contributed by atoms with Crippen LogP contribution in [0.4, 0.5) is 0 Å². The minimum absolute atomic E-state index is 0.239. The van der Waals surface area contributed by atoms with Crippen LogP contribution in [0.25, 0.3) is 0 Å². The number of hydrogen-bond donors (Lipinski definition) is 2. The Balaban J connectivity index is 1.52. The van der Waals surface area contributed by atoms with E-state index in [1.807, 2.05) is 38.1 Å². The minimum atomic E-state index is -0.999. The summed E-state index contributed by atoms with van der Waals surface area (Å²) in [7, 11) is 0. The summed E-state index contributed by atoms with van der Waals surface area (Å²) in [5.74, 6) is -1.16. The number of carbonyl (C=O) groups excluding carboxylic acids is 2. The van der Waals surface area contributed by atoms with E-state index in [4.69, 9.17) is 0 Å². The van der Waals surface area contributed by atoms with E-state index in [1.165, 1.54) is 35.9 Å². The summed E-state index contributed by atoms with van der Waals surface area (Å²) < 4.78 is -0.592. The fourth-order valence-corrected chi connectivity index (χ4v) is 6.46. The van der Waals surface area contributed by atoms with Crippen LogP contribution < -0.4 is 5.32 Å². The summed E-state index contributed by atoms with van der Waals surface area (Å²) in [5, 5.41) is 12.1. The molecule has 1 aromatic carbocycles. The maximum atomic E-state index is 13.0. The molecule has 2 heterocycles. The fourth-order valence-electron chi connectivity index (χ4n) is 4.84. The average Bonchev–Trinajstić information content (AvgIpc) is 2.94. The van der Waals surface area contributed by atoms with Crippen LogP contribution in [0.15, 0.2) is 24.3 Å². The van der Waals surface area contributed by atoms with Gasteiger partial charge in [-0.05, 0) is 44.2 Å². The number of thioether (sulfide) groups is 1. The number of nitrogens with one attached hydrogen (secondary N) is 1. The number of fused-ring (bicyclic) bond motifs is 1. The van der Waals surface area contributed by atoms with Crippen LogP contribution in [0.5, 0.6) is 0 Å². The summed E-state index contributed by atoms with van der Waals surface area (Å²) in [6.07, 6.45) is 5.79. The number of carboxylic acids is 1. The first-order valence-corrected chi connectivity index (χ1v) is 10.8. The van der Waals surface area contributed by atoms with E-state index in [0.29, 0.717) is 11.5 Å². The molecule has 6 nitrogen and oxygen atoms in total. The SMILES string of the molecule is CC1(C)SC2C(NC(=O)c3ccccc3C3CCCCC3)C(=O)N2C1C(=O)O. The van der Waals surface area contributed by atoms with Crippen molar-refractivity contribution < 1.29 is 19.5 Å². The number of carbonyl (C=O) groups is 3. The summed E-state index contributed by atoms with van der Waals surface area (Å²) in [6, 6.07) is 6.13. The Morgan fingerprint density at radius 2 is 1.86 bits per heavy atom. The van der Waals surface area contributed by atoms with E-state index in [0.717, 1.165) is 18.4 Å². The maximum Gasteiger partial charge on any atom is 0.327 e. The fraction of sp³-hybridized carbons (Fsp3) is 0.571. The molecule has 3 fully saturated rings. The molecule has 2 saturated heterocycles. The molecule has 3 atom stereocenters. The van der Waals surface area contributed by atoms with Crippen molar-refractivity contribution in [3.8, 4) is 0 Å². The van der Waals surface area contributed by atoms with Gasteiger partial charge in [0.2, 0.25) is 5.91 Å². The molecule has 7 heteroatoms. The highest BCUT2D eigenvalue weighted by molar-refractivity contribution is 8.01. The zero-order chi connectivity index (χ0) is 20.1. The molecule has 1 aliphatic carbocycles. The van der Waals surface area contributed by atoms with Gasteiger partial charge in [0.25, 0.3) is 5.91 Å². The summed E-state index contributed by atoms with van der Waals surface area (Å²) in [6.45, 7) is 3.67. The molecular weight excluding hydrogens is 376 g/mol. The second-order valence-corrected chi connectivity index (χ2v) is 10.2. The lowest BCUT2D eigenvalue weighted by atomic mass is 9.82. The Hall–Kier alpha value is -2.02. The van der Waals surface area contributed by atoms with E-state index in [1.54, 1.807) is 0 Å². The first-order valence-electron chi connectivity index (χ1n) is 9.94. The quantitative estimate of drug-likeness (QED) is 0.756. The molecule has 28 heavy (non-hydrogen) atoms. The normalized spacial score (nSPS) is 29.1. The number of carboxylic acid groups (broad SMARTS) is 1. The van der Waals surface area contributed by atoms with Gasteiger partial charge in [0, 0.05) is 10.3 Å². The standard InChI is InChI=1S/C21H26N2O4S/c1-21(2)16(20(26)27)23-18(25)15(19(23)28-21)22-17(24)14-11-7-6-10-13(14)12-8-4-3-5-9-12/h6-7,10-12,15-16,19H,3-5,8-9H2,1-2H3,(H,22,24)(H,26,27). The van der Waals surface area contributed by atoms with Gasteiger partial charge < -0.3 is 15.3 Å². The molecule has 1 saturated carbocycles. The van der Waals surface area contributed by atoms with Crippen molar-refractivity contribution in [1.82, 2.24) is 10.2 Å². The smallest absolute Gasteiger partial charge is 0.327 e. The Bertz CT molecular complexity index is 818. The molecule has 4 rings (SSSR count). The summed E-state index contributed by atoms with van der Waals surface area (Å²) in [5.41, 5.74) is 1.70. The molecule has 3 unspecified atom stereocenters. The number of nitrogens with zero attached hydrogens (tertiary/aromatic N) is 1. The van der Waals surface area contributed by atoms with Gasteiger partial charge in [-0.1, -0.05) is 37.5 Å². The van der Waals surface area contributed by atoms with Crippen molar-refractivity contribution in [2.45, 2.75) is 74.1 Å². The van der Waals surface area contributed by atoms with Gasteiger partial charge >= 0.3 is 5.97 Å². The van der Waals surface area contributed by atoms with Crippen molar-refractivity contribution in [1.29, 1.82) is 0 Å². The topological polar surface area (TPSA) is 86.7 Å². The third-order valence-electron chi connectivity index (χ3n) is 6.21. The highest BCUT2D eigenvalue weighted by Gasteiger charge is 2.64. The van der Waals surface area contributed by atoms with E-state index >= 15 is 0 Å². The predicted molar refractivity (Wildman–Crippen MR) is 107 cm³/mol. The molecule has 3 aliphatic rings. The maximum absolute atomic E-state index is 13.0. The van der Waals surface area contributed by atoms with Crippen LogP contribution in [-0.2, 0) is 9.59 Å². The minimum Gasteiger partial charge on any atom is -0.480 e. The Morgan fingerprint density at radius 3 is 2.54 bits per heavy atom. The van der Waals surface area contributed by atoms with Crippen molar-refractivity contribution in [2.75, 3.05) is 0 Å². The lowest BCUT2D eigenvalue weighted by Crippen LogP contribution is -2.70. The second kappa shape index (κ2) is 7.10. The van der Waals surface area contributed by atoms with E-state index in [-0.39, 0.29) is 17.2 Å². The molecule has 0 spiro atoms. The van der Waals surface area contributed by atoms with Gasteiger partial charge in [-0.3, -0.25) is 9.59 Å². The van der Waals surface area contributed by atoms with E-state index in [9.17, 15) is 19.5 Å². The Labute approximate surface area is 169 Å². The molecule has 2 aliphatic heterocycles. The molecule has 0 aromatic heterocycles. The highest BCUT2D eigenvalue weighted by Crippen LogP contribution is 2.50. The average molecular weight is 403 g/mol. The van der Waals surface area contributed by atoms with Gasteiger partial charge in [0.1, 0.15) is 17.5 Å². The second-order valence-electron chi connectivity index (χ2n) is 8.47. The number of benzene rings is 1. The number of rotatable bonds is 4. The monoisotopic (exact) mass is 402 g/mol. The Morgan fingerprint density at radius 1 is 1.18 bits per heavy atom. The number of β-lactam (4-membered cyclic amide) rings is 1. The molecule has 2 amide bonds. The molecule has 150 valence electrons. The first kappa shape index (κ1) is 19.3. The van der Waals surface area contributed by atoms with Gasteiger partial charge in [0.05, 0.1) is 0 Å². The summed E-state index contributed by atoms with van der Waals surface area (Å²) >= 11 is 1.44. The predicted octanol–water partition coefficient (Wildman–Crippen LogP) is 2.98. The molecule has 0 bridgehead atoms. The first-order chi connectivity index (χ1) is 13.3. The largest absolute Gasteiger partial charge is 0.480 e. The molecule has 0 radical (unpaired) electrons. The van der Waals surface area contributed by atoms with Crippen LogP contribution in [0.2, 0.25) is 0 Å². The zero-order valence-electron chi connectivity index (χ0n) is 16.2. The van der Waals surface area contributed by atoms with E-state index < -0.39 is 22.8 Å². The number of aliphatic carboxylic acids is 1. The van der Waals surface area contributed by atoms with Crippen molar-refractivity contribution in [3.63, 3.8) is 0 Å². The molecule has 1 aromatic rings. The van der Waals surface area contributed by atoms with E-state index in [2.05, 4.69) is 5.32 Å². The third-order valence-corrected chi connectivity index (χ3v) is 7.78. The van der Waals surface area contributed by atoms with Crippen LogP contribution in [-0.4, -0.2) is 50.0 Å². The third kappa shape index (κ3) is 3.09. The zero-order valence-corrected chi connectivity index (χ0v) is 17.0. The van der Waals surface area contributed by atoms with Gasteiger partial charge in [-0.2, -0.15) is 0 Å². The Kier molecular flexibility index (Phi) is 4.89. The van der Waals surface area contributed by atoms with Crippen LogP contribution in [0, 0.1) is 0 Å². The molecule has 2 N–H and O–H groups in total. The van der Waals surface area contributed by atoms with Crippen molar-refractivity contribution in [2.24, 2.45) is 0 Å². The highest BCUT2D eigenvalue weighted by atomic mass is 32.2. The lowest BCUT2D eigenvalue weighted by Gasteiger charge is -2.43. The van der Waals surface area contributed by atoms with Crippen LogP contribution in [0.1, 0.15) is 67.8 Å². The van der Waals surface area contributed by atoms with Gasteiger partial charge in [-0.15, -0.1) is 11.8 Å². The number of amides is 2. The lowest BCUT2D eigenvalue weighted by molar-refractivity contribution is -0.159. The summed E-state index contributed by atoms with van der Waals surface area (Å²) in [4.78, 5) is 38.7. The molecular formula is C21H26N2O4S. The van der Waals surface area contributed by atoms with Crippen molar-refractivity contribution in [3.05, 3.63) is 35.4 Å².